The second kappa shape index (κ2) is 7.26. The van der Waals surface area contributed by atoms with E-state index in [2.05, 4.69) is 59.4 Å². The number of hydrogen-bond donors (Lipinski definition) is 1. The van der Waals surface area contributed by atoms with Crippen molar-refractivity contribution in [2.45, 2.75) is 26.3 Å². The average Bonchev–Trinajstić information content (AvgIpc) is 2.45. The van der Waals surface area contributed by atoms with E-state index >= 15 is 0 Å². The summed E-state index contributed by atoms with van der Waals surface area (Å²) >= 11 is 10.0. The lowest BCUT2D eigenvalue weighted by atomic mass is 9.95. The number of halogens is 2. The largest absolute Gasteiger partial charge is 0.306 e. The molecule has 2 rings (SSSR count). The molecule has 0 radical (unpaired) electrons. The molecule has 1 nitrogen and oxygen atoms in total. The molecule has 1 atom stereocenters. The molecular formula is C17H19BrClN. The van der Waals surface area contributed by atoms with Gasteiger partial charge in [0.2, 0.25) is 0 Å². The molecule has 0 spiro atoms. The zero-order chi connectivity index (χ0) is 14.5. The Labute approximate surface area is 134 Å². The van der Waals surface area contributed by atoms with Gasteiger partial charge in [-0.3, -0.25) is 0 Å². The van der Waals surface area contributed by atoms with Gasteiger partial charge < -0.3 is 5.32 Å². The Balaban J connectivity index is 2.47. The maximum Gasteiger partial charge on any atom is 0.0594 e. The molecule has 0 heterocycles. The van der Waals surface area contributed by atoms with Crippen molar-refractivity contribution in [3.63, 3.8) is 0 Å². The first-order valence-corrected chi connectivity index (χ1v) is 8.05. The molecule has 106 valence electrons. The van der Waals surface area contributed by atoms with Crippen LogP contribution in [0, 0.1) is 6.92 Å². The molecular weight excluding hydrogens is 334 g/mol. The summed E-state index contributed by atoms with van der Waals surface area (Å²) in [5.74, 6) is 0. The second-order valence-corrected chi connectivity index (χ2v) is 6.12. The van der Waals surface area contributed by atoms with Gasteiger partial charge in [0.15, 0.2) is 0 Å². The van der Waals surface area contributed by atoms with Gasteiger partial charge >= 0.3 is 0 Å². The molecule has 1 N–H and O–H groups in total. The Morgan fingerprint density at radius 2 is 1.80 bits per heavy atom. The summed E-state index contributed by atoms with van der Waals surface area (Å²) < 4.78 is 1.13. The highest BCUT2D eigenvalue weighted by molar-refractivity contribution is 9.10. The Hall–Kier alpha value is -0.830. The molecule has 2 aromatic carbocycles. The topological polar surface area (TPSA) is 12.0 Å². The zero-order valence-corrected chi connectivity index (χ0v) is 14.1. The van der Waals surface area contributed by atoms with E-state index in [1.54, 1.807) is 0 Å². The van der Waals surface area contributed by atoms with Crippen LogP contribution in [0.3, 0.4) is 0 Å². The Kier molecular flexibility index (Phi) is 5.64. The first kappa shape index (κ1) is 15.6. The van der Waals surface area contributed by atoms with Gasteiger partial charge in [-0.05, 0) is 48.7 Å². The van der Waals surface area contributed by atoms with Gasteiger partial charge in [0.1, 0.15) is 0 Å². The first-order chi connectivity index (χ1) is 9.65. The van der Waals surface area contributed by atoms with Gasteiger partial charge in [0, 0.05) is 9.50 Å². The smallest absolute Gasteiger partial charge is 0.0594 e. The summed E-state index contributed by atoms with van der Waals surface area (Å²) in [6.07, 6.45) is 1.09. The Morgan fingerprint density at radius 3 is 2.50 bits per heavy atom. The lowest BCUT2D eigenvalue weighted by Gasteiger charge is -2.23. The number of rotatable bonds is 5. The number of nitrogens with one attached hydrogen (secondary N) is 1. The summed E-state index contributed by atoms with van der Waals surface area (Å²) in [7, 11) is 0. The fourth-order valence-corrected chi connectivity index (χ4v) is 2.95. The van der Waals surface area contributed by atoms with E-state index < -0.39 is 0 Å². The van der Waals surface area contributed by atoms with Crippen molar-refractivity contribution in [1.29, 1.82) is 0 Å². The lowest BCUT2D eigenvalue weighted by Crippen LogP contribution is -2.24. The monoisotopic (exact) mass is 351 g/mol. The van der Waals surface area contributed by atoms with Crippen LogP contribution in [0.15, 0.2) is 46.9 Å². The third-order valence-electron chi connectivity index (χ3n) is 3.44. The number of hydrogen-bond acceptors (Lipinski definition) is 1. The SMILES string of the molecule is CCCNC(c1ccccc1Cl)c1cccc(Br)c1C. The van der Waals surface area contributed by atoms with Crippen LogP contribution in [0.1, 0.15) is 36.1 Å². The van der Waals surface area contributed by atoms with Crippen LogP contribution in [0.4, 0.5) is 0 Å². The molecule has 3 heteroatoms. The van der Waals surface area contributed by atoms with Crippen LogP contribution < -0.4 is 5.32 Å². The predicted molar refractivity (Wildman–Crippen MR) is 90.5 cm³/mol. The minimum absolute atomic E-state index is 0.126. The fourth-order valence-electron chi connectivity index (χ4n) is 2.32. The molecule has 0 saturated heterocycles. The molecule has 0 bridgehead atoms. The van der Waals surface area contributed by atoms with Crippen LogP contribution in [-0.4, -0.2) is 6.54 Å². The highest BCUT2D eigenvalue weighted by atomic mass is 79.9. The molecule has 0 aliphatic carbocycles. The van der Waals surface area contributed by atoms with Crippen LogP contribution in [0.25, 0.3) is 0 Å². The minimum Gasteiger partial charge on any atom is -0.306 e. The summed E-state index contributed by atoms with van der Waals surface area (Å²) in [5.41, 5.74) is 3.64. The third kappa shape index (κ3) is 3.43. The van der Waals surface area contributed by atoms with Crippen molar-refractivity contribution >= 4 is 27.5 Å². The van der Waals surface area contributed by atoms with Crippen molar-refractivity contribution in [1.82, 2.24) is 5.32 Å². The standard InChI is InChI=1S/C17H19BrClN/c1-3-11-20-17(14-7-4-5-10-16(14)19)13-8-6-9-15(18)12(13)2/h4-10,17,20H,3,11H2,1-2H3. The van der Waals surface area contributed by atoms with Crippen molar-refractivity contribution < 1.29 is 0 Å². The van der Waals surface area contributed by atoms with Crippen LogP contribution in [-0.2, 0) is 0 Å². The Morgan fingerprint density at radius 1 is 1.10 bits per heavy atom. The average molecular weight is 353 g/mol. The summed E-state index contributed by atoms with van der Waals surface area (Å²) in [6, 6.07) is 14.5. The third-order valence-corrected chi connectivity index (χ3v) is 4.64. The normalized spacial score (nSPS) is 12.4. The number of benzene rings is 2. The van der Waals surface area contributed by atoms with E-state index in [4.69, 9.17) is 11.6 Å². The van der Waals surface area contributed by atoms with Gasteiger partial charge in [-0.2, -0.15) is 0 Å². The molecule has 2 aromatic rings. The molecule has 0 aliphatic heterocycles. The quantitative estimate of drug-likeness (QED) is 0.749. The van der Waals surface area contributed by atoms with E-state index in [1.807, 2.05) is 18.2 Å². The summed E-state index contributed by atoms with van der Waals surface area (Å²) in [4.78, 5) is 0. The highest BCUT2D eigenvalue weighted by Gasteiger charge is 2.18. The molecule has 0 aliphatic rings. The maximum atomic E-state index is 6.39. The van der Waals surface area contributed by atoms with Crippen LogP contribution >= 0.6 is 27.5 Å². The Bertz CT molecular complexity index is 583. The molecule has 20 heavy (non-hydrogen) atoms. The molecule has 1 unspecified atom stereocenters. The van der Waals surface area contributed by atoms with E-state index in [9.17, 15) is 0 Å². The summed E-state index contributed by atoms with van der Waals surface area (Å²) in [5, 5.41) is 4.41. The van der Waals surface area contributed by atoms with Crippen molar-refractivity contribution in [2.75, 3.05) is 6.54 Å². The van der Waals surface area contributed by atoms with E-state index in [0.29, 0.717) is 0 Å². The van der Waals surface area contributed by atoms with E-state index in [1.165, 1.54) is 11.1 Å². The van der Waals surface area contributed by atoms with Gasteiger partial charge in [0.05, 0.1) is 6.04 Å². The maximum absolute atomic E-state index is 6.39. The van der Waals surface area contributed by atoms with Gasteiger partial charge in [0.25, 0.3) is 0 Å². The first-order valence-electron chi connectivity index (χ1n) is 6.88. The highest BCUT2D eigenvalue weighted by Crippen LogP contribution is 2.32. The molecule has 0 fully saturated rings. The van der Waals surface area contributed by atoms with E-state index in [0.717, 1.165) is 28.0 Å². The zero-order valence-electron chi connectivity index (χ0n) is 11.8. The van der Waals surface area contributed by atoms with Gasteiger partial charge in [-0.15, -0.1) is 0 Å². The van der Waals surface area contributed by atoms with Crippen molar-refractivity contribution in [2.24, 2.45) is 0 Å². The second-order valence-electron chi connectivity index (χ2n) is 4.86. The van der Waals surface area contributed by atoms with Crippen LogP contribution in [0.2, 0.25) is 5.02 Å². The van der Waals surface area contributed by atoms with Crippen molar-refractivity contribution in [3.05, 3.63) is 68.7 Å². The minimum atomic E-state index is 0.126. The fraction of sp³-hybridized carbons (Fsp3) is 0.294. The van der Waals surface area contributed by atoms with Gasteiger partial charge in [-0.25, -0.2) is 0 Å². The lowest BCUT2D eigenvalue weighted by molar-refractivity contribution is 0.596. The van der Waals surface area contributed by atoms with Gasteiger partial charge in [-0.1, -0.05) is 64.8 Å². The molecule has 0 aromatic heterocycles. The van der Waals surface area contributed by atoms with Crippen molar-refractivity contribution in [3.8, 4) is 0 Å². The predicted octanol–water partition coefficient (Wildman–Crippen LogP) is 5.50. The van der Waals surface area contributed by atoms with Crippen LogP contribution in [0.5, 0.6) is 0 Å². The molecule has 0 saturated carbocycles. The molecule has 0 amide bonds. The van der Waals surface area contributed by atoms with E-state index in [-0.39, 0.29) is 6.04 Å². The summed E-state index contributed by atoms with van der Waals surface area (Å²) in [6.45, 7) is 5.27.